The first-order valence-corrected chi connectivity index (χ1v) is 7.98. The number of primary amides is 1. The molecule has 1 fully saturated rings. The highest BCUT2D eigenvalue weighted by atomic mass is 16.5. The van der Waals surface area contributed by atoms with Crippen molar-refractivity contribution in [2.24, 2.45) is 11.7 Å². The van der Waals surface area contributed by atoms with Gasteiger partial charge in [0.05, 0.1) is 0 Å². The highest BCUT2D eigenvalue weighted by molar-refractivity contribution is 5.94. The standard InChI is InChI=1S/C17H22N2O5/c18-15(20)11-24-14-6-4-13(5-7-14)17(23)19-9-1-2-12(10-19)3-8-16(21)22/h4-7,12H,1-3,8-11H2,(H2,18,20)(H,21,22)/t12-/m1/s1. The summed E-state index contributed by atoms with van der Waals surface area (Å²) in [4.78, 5) is 35.7. The third-order valence-corrected chi connectivity index (χ3v) is 4.06. The van der Waals surface area contributed by atoms with Crippen LogP contribution in [0.5, 0.6) is 5.75 Å². The van der Waals surface area contributed by atoms with Gasteiger partial charge >= 0.3 is 5.97 Å². The molecule has 2 amide bonds. The van der Waals surface area contributed by atoms with Crippen LogP contribution in [0.15, 0.2) is 24.3 Å². The van der Waals surface area contributed by atoms with Gasteiger partial charge in [0, 0.05) is 25.1 Å². The molecular formula is C17H22N2O5. The van der Waals surface area contributed by atoms with Crippen LogP contribution >= 0.6 is 0 Å². The van der Waals surface area contributed by atoms with Crippen LogP contribution < -0.4 is 10.5 Å². The van der Waals surface area contributed by atoms with Gasteiger partial charge in [0.1, 0.15) is 5.75 Å². The minimum atomic E-state index is -0.801. The summed E-state index contributed by atoms with van der Waals surface area (Å²) in [6.45, 7) is 1.07. The van der Waals surface area contributed by atoms with Gasteiger partial charge in [-0.2, -0.15) is 0 Å². The van der Waals surface area contributed by atoms with Gasteiger partial charge in [0.2, 0.25) is 0 Å². The molecule has 0 saturated carbocycles. The topological polar surface area (TPSA) is 110 Å². The van der Waals surface area contributed by atoms with Gasteiger partial charge in [-0.05, 0) is 49.4 Å². The van der Waals surface area contributed by atoms with Crippen molar-refractivity contribution < 1.29 is 24.2 Å². The molecule has 24 heavy (non-hydrogen) atoms. The molecule has 7 nitrogen and oxygen atoms in total. The summed E-state index contributed by atoms with van der Waals surface area (Å²) < 4.78 is 5.16. The van der Waals surface area contributed by atoms with Crippen LogP contribution in [0.3, 0.4) is 0 Å². The van der Waals surface area contributed by atoms with Crippen molar-refractivity contribution in [3.05, 3.63) is 29.8 Å². The van der Waals surface area contributed by atoms with Gasteiger partial charge in [0.15, 0.2) is 6.61 Å². The molecule has 1 heterocycles. The van der Waals surface area contributed by atoms with Gasteiger partial charge in [0.25, 0.3) is 11.8 Å². The van der Waals surface area contributed by atoms with Crippen molar-refractivity contribution in [2.45, 2.75) is 25.7 Å². The molecular weight excluding hydrogens is 312 g/mol. The van der Waals surface area contributed by atoms with Crippen molar-refractivity contribution >= 4 is 17.8 Å². The number of amides is 2. The molecule has 1 aliphatic rings. The number of likely N-dealkylation sites (tertiary alicyclic amines) is 1. The predicted molar refractivity (Wildman–Crippen MR) is 86.6 cm³/mol. The van der Waals surface area contributed by atoms with Crippen molar-refractivity contribution in [3.8, 4) is 5.75 Å². The normalized spacial score (nSPS) is 17.3. The zero-order chi connectivity index (χ0) is 17.5. The fourth-order valence-corrected chi connectivity index (χ4v) is 2.84. The minimum absolute atomic E-state index is 0.0727. The minimum Gasteiger partial charge on any atom is -0.484 e. The number of hydrogen-bond donors (Lipinski definition) is 2. The molecule has 7 heteroatoms. The summed E-state index contributed by atoms with van der Waals surface area (Å²) in [5.41, 5.74) is 5.55. The van der Waals surface area contributed by atoms with Crippen LogP contribution in [-0.2, 0) is 9.59 Å². The highest BCUT2D eigenvalue weighted by Gasteiger charge is 2.24. The lowest BCUT2D eigenvalue weighted by atomic mass is 9.93. The number of nitrogens with zero attached hydrogens (tertiary/aromatic N) is 1. The first kappa shape index (κ1) is 17.8. The Morgan fingerprint density at radius 1 is 1.25 bits per heavy atom. The number of ether oxygens (including phenoxy) is 1. The Morgan fingerprint density at radius 3 is 2.58 bits per heavy atom. The summed E-state index contributed by atoms with van der Waals surface area (Å²) in [5.74, 6) is -0.724. The first-order valence-electron chi connectivity index (χ1n) is 7.98. The average Bonchev–Trinajstić information content (AvgIpc) is 2.58. The Kier molecular flexibility index (Phi) is 6.17. The number of carboxylic acids is 1. The van der Waals surface area contributed by atoms with E-state index in [1.54, 1.807) is 29.2 Å². The van der Waals surface area contributed by atoms with Crippen LogP contribution in [0.25, 0.3) is 0 Å². The van der Waals surface area contributed by atoms with Gasteiger partial charge in [-0.1, -0.05) is 0 Å². The van der Waals surface area contributed by atoms with Crippen LogP contribution in [-0.4, -0.2) is 47.5 Å². The van der Waals surface area contributed by atoms with E-state index >= 15 is 0 Å². The molecule has 1 aliphatic heterocycles. The van der Waals surface area contributed by atoms with Crippen LogP contribution in [0.1, 0.15) is 36.0 Å². The molecule has 0 bridgehead atoms. The monoisotopic (exact) mass is 334 g/mol. The summed E-state index contributed by atoms with van der Waals surface area (Å²) >= 11 is 0. The third kappa shape index (κ3) is 5.26. The van der Waals surface area contributed by atoms with Crippen molar-refractivity contribution in [3.63, 3.8) is 0 Å². The van der Waals surface area contributed by atoms with E-state index < -0.39 is 11.9 Å². The molecule has 0 spiro atoms. The summed E-state index contributed by atoms with van der Waals surface area (Å²) in [7, 11) is 0. The van der Waals surface area contributed by atoms with E-state index in [4.69, 9.17) is 15.6 Å². The van der Waals surface area contributed by atoms with E-state index in [2.05, 4.69) is 0 Å². The molecule has 1 aromatic rings. The molecule has 1 atom stereocenters. The maximum atomic E-state index is 12.6. The number of hydrogen-bond acceptors (Lipinski definition) is 4. The zero-order valence-electron chi connectivity index (χ0n) is 13.4. The van der Waals surface area contributed by atoms with Crippen LogP contribution in [0, 0.1) is 5.92 Å². The largest absolute Gasteiger partial charge is 0.484 e. The lowest BCUT2D eigenvalue weighted by Crippen LogP contribution is -2.40. The fraction of sp³-hybridized carbons (Fsp3) is 0.471. The van der Waals surface area contributed by atoms with E-state index in [1.807, 2.05) is 0 Å². The molecule has 2 rings (SSSR count). The Hall–Kier alpha value is -2.57. The zero-order valence-corrected chi connectivity index (χ0v) is 13.4. The van der Waals surface area contributed by atoms with Gasteiger partial charge in [-0.15, -0.1) is 0 Å². The Bertz CT molecular complexity index is 600. The molecule has 0 unspecified atom stereocenters. The molecule has 130 valence electrons. The number of carbonyl (C=O) groups is 3. The van der Waals surface area contributed by atoms with Crippen LogP contribution in [0.2, 0.25) is 0 Å². The lowest BCUT2D eigenvalue weighted by Gasteiger charge is -2.32. The van der Waals surface area contributed by atoms with Crippen molar-refractivity contribution in [1.82, 2.24) is 4.90 Å². The molecule has 1 aromatic carbocycles. The Morgan fingerprint density at radius 2 is 1.96 bits per heavy atom. The molecule has 0 aliphatic carbocycles. The average molecular weight is 334 g/mol. The van der Waals surface area contributed by atoms with E-state index in [-0.39, 0.29) is 24.9 Å². The number of carbonyl (C=O) groups excluding carboxylic acids is 2. The fourth-order valence-electron chi connectivity index (χ4n) is 2.84. The number of aliphatic carboxylic acids is 1. The van der Waals surface area contributed by atoms with Gasteiger partial charge in [-0.3, -0.25) is 14.4 Å². The molecule has 0 aromatic heterocycles. The summed E-state index contributed by atoms with van der Waals surface area (Å²) in [6.07, 6.45) is 2.57. The SMILES string of the molecule is NC(=O)COc1ccc(C(=O)N2CCC[C@H](CCC(=O)O)C2)cc1. The van der Waals surface area contributed by atoms with Crippen LogP contribution in [0.4, 0.5) is 0 Å². The van der Waals surface area contributed by atoms with Crippen molar-refractivity contribution in [2.75, 3.05) is 19.7 Å². The number of piperidine rings is 1. The predicted octanol–water partition coefficient (Wildman–Crippen LogP) is 1.27. The number of nitrogens with two attached hydrogens (primary N) is 1. The highest BCUT2D eigenvalue weighted by Crippen LogP contribution is 2.23. The second-order valence-electron chi connectivity index (χ2n) is 5.97. The smallest absolute Gasteiger partial charge is 0.303 e. The van der Waals surface area contributed by atoms with Gasteiger partial charge in [-0.25, -0.2) is 0 Å². The number of benzene rings is 1. The molecule has 0 radical (unpaired) electrons. The number of rotatable bonds is 7. The molecule has 3 N–H and O–H groups in total. The third-order valence-electron chi connectivity index (χ3n) is 4.06. The van der Waals surface area contributed by atoms with E-state index in [0.29, 0.717) is 30.8 Å². The van der Waals surface area contributed by atoms with Gasteiger partial charge < -0.3 is 20.5 Å². The van der Waals surface area contributed by atoms with E-state index in [1.165, 1.54) is 0 Å². The van der Waals surface area contributed by atoms with E-state index in [9.17, 15) is 14.4 Å². The second kappa shape index (κ2) is 8.33. The maximum Gasteiger partial charge on any atom is 0.303 e. The lowest BCUT2D eigenvalue weighted by molar-refractivity contribution is -0.137. The number of carboxylic acid groups (broad SMARTS) is 1. The Balaban J connectivity index is 1.92. The quantitative estimate of drug-likeness (QED) is 0.780. The second-order valence-corrected chi connectivity index (χ2v) is 5.97. The summed E-state index contributed by atoms with van der Waals surface area (Å²) in [5, 5.41) is 8.78. The molecule has 1 saturated heterocycles. The first-order chi connectivity index (χ1) is 11.5. The van der Waals surface area contributed by atoms with Crippen molar-refractivity contribution in [1.29, 1.82) is 0 Å². The van der Waals surface area contributed by atoms with E-state index in [0.717, 1.165) is 12.8 Å². The summed E-state index contributed by atoms with van der Waals surface area (Å²) in [6, 6.07) is 6.56. The Labute approximate surface area is 140 Å². The maximum absolute atomic E-state index is 12.6.